The van der Waals surface area contributed by atoms with E-state index in [-0.39, 0.29) is 5.41 Å². The number of likely N-dealkylation sites (tertiary alicyclic amines) is 1. The van der Waals surface area contributed by atoms with E-state index >= 15 is 0 Å². The van der Waals surface area contributed by atoms with Gasteiger partial charge in [0.25, 0.3) is 0 Å². The van der Waals surface area contributed by atoms with Gasteiger partial charge in [-0.3, -0.25) is 0 Å². The maximum absolute atomic E-state index is 10.1. The van der Waals surface area contributed by atoms with Crippen molar-refractivity contribution < 1.29 is 5.11 Å². The second kappa shape index (κ2) is 5.77. The molecule has 2 aromatic carbocycles. The van der Waals surface area contributed by atoms with Gasteiger partial charge in [-0.15, -0.1) is 0 Å². The number of H-pyrrole nitrogens is 1. The van der Waals surface area contributed by atoms with Crippen LogP contribution in [0.5, 0.6) is 5.75 Å². The van der Waals surface area contributed by atoms with E-state index in [1.165, 1.54) is 22.2 Å². The number of halogens is 1. The van der Waals surface area contributed by atoms with Crippen LogP contribution in [0, 0.1) is 5.92 Å². The summed E-state index contributed by atoms with van der Waals surface area (Å²) in [5.41, 5.74) is 5.19. The summed E-state index contributed by atoms with van der Waals surface area (Å²) >= 11 is 6.55. The Kier molecular flexibility index (Phi) is 3.60. The van der Waals surface area contributed by atoms with Gasteiger partial charge in [0.15, 0.2) is 0 Å². The van der Waals surface area contributed by atoms with Gasteiger partial charge in [0, 0.05) is 28.6 Å². The van der Waals surface area contributed by atoms with Crippen molar-refractivity contribution in [3.63, 3.8) is 0 Å². The van der Waals surface area contributed by atoms with E-state index < -0.39 is 0 Å². The molecule has 26 heavy (non-hydrogen) atoms. The van der Waals surface area contributed by atoms with Gasteiger partial charge in [0.05, 0.1) is 5.02 Å². The van der Waals surface area contributed by atoms with Crippen molar-refractivity contribution in [1.82, 2.24) is 9.88 Å². The highest BCUT2D eigenvalue weighted by molar-refractivity contribution is 6.35. The molecule has 4 heteroatoms. The number of aromatic amines is 1. The molecule has 3 nitrogen and oxygen atoms in total. The molecule has 1 saturated heterocycles. The number of hydrogen-bond donors (Lipinski definition) is 2. The van der Waals surface area contributed by atoms with E-state index in [2.05, 4.69) is 29.1 Å². The first-order valence-corrected chi connectivity index (χ1v) is 9.70. The number of rotatable bonds is 1. The molecule has 0 saturated carbocycles. The number of aromatic nitrogens is 1. The lowest BCUT2D eigenvalue weighted by molar-refractivity contribution is 0.0994. The molecule has 0 amide bonds. The van der Waals surface area contributed by atoms with E-state index in [0.29, 0.717) is 11.7 Å². The van der Waals surface area contributed by atoms with Crippen molar-refractivity contribution in [3.05, 3.63) is 64.3 Å². The number of piperidine rings is 1. The Hall–Kier alpha value is -1.97. The zero-order valence-corrected chi connectivity index (χ0v) is 15.7. The van der Waals surface area contributed by atoms with E-state index in [9.17, 15) is 5.11 Å². The molecule has 2 aliphatic rings. The van der Waals surface area contributed by atoms with Crippen LogP contribution in [0.2, 0.25) is 5.02 Å². The number of nitrogens with zero attached hydrogens (tertiary/aromatic N) is 1. The largest absolute Gasteiger partial charge is 0.508 e. The molecule has 1 fully saturated rings. The Morgan fingerprint density at radius 2 is 2.08 bits per heavy atom. The Bertz CT molecular complexity index is 995. The predicted molar refractivity (Wildman–Crippen MR) is 106 cm³/mol. The molecular formula is C22H23ClN2O. The molecule has 1 aliphatic carbocycles. The zero-order chi connectivity index (χ0) is 17.9. The summed E-state index contributed by atoms with van der Waals surface area (Å²) in [5.74, 6) is 0.880. The van der Waals surface area contributed by atoms with E-state index in [4.69, 9.17) is 11.6 Å². The SMILES string of the molecule is CN1CC[C@]2(c3cccc(O)c3)Cc3[nH]c4cccc(Cl)c4c3CC2C1. The third-order valence-corrected chi connectivity index (χ3v) is 6.90. The van der Waals surface area contributed by atoms with E-state index in [1.807, 2.05) is 24.3 Å². The van der Waals surface area contributed by atoms with Crippen molar-refractivity contribution >= 4 is 22.5 Å². The minimum absolute atomic E-state index is 0.0750. The van der Waals surface area contributed by atoms with Crippen molar-refractivity contribution in [1.29, 1.82) is 0 Å². The standard InChI is InChI=1S/C22H23ClN2O/c1-25-9-8-22(14-4-2-5-16(26)10-14)12-20-17(11-15(22)13-25)21-18(23)6-3-7-19(21)24-20/h2-7,10,15,24,26H,8-9,11-13H2,1H3/t15?,22-/m1/s1. The molecule has 0 spiro atoms. The number of aromatic hydroxyl groups is 1. The Balaban J connectivity index is 1.70. The van der Waals surface area contributed by atoms with Gasteiger partial charge in [0.1, 0.15) is 5.75 Å². The first-order chi connectivity index (χ1) is 12.6. The van der Waals surface area contributed by atoms with Crippen LogP contribution in [0.4, 0.5) is 0 Å². The Morgan fingerprint density at radius 1 is 1.23 bits per heavy atom. The summed E-state index contributed by atoms with van der Waals surface area (Å²) in [6.07, 6.45) is 3.12. The highest BCUT2D eigenvalue weighted by Gasteiger charge is 2.47. The molecule has 2 N–H and O–H groups in total. The van der Waals surface area contributed by atoms with Crippen molar-refractivity contribution in [2.45, 2.75) is 24.7 Å². The van der Waals surface area contributed by atoms with Crippen molar-refractivity contribution in [3.8, 4) is 5.75 Å². The molecule has 0 bridgehead atoms. The fourth-order valence-electron chi connectivity index (χ4n) is 5.29. The second-order valence-corrected chi connectivity index (χ2v) is 8.45. The van der Waals surface area contributed by atoms with Crippen LogP contribution in [0.1, 0.15) is 23.2 Å². The predicted octanol–water partition coefficient (Wildman–Crippen LogP) is 4.52. The molecule has 1 aliphatic heterocycles. The number of nitrogens with one attached hydrogen (secondary N) is 1. The minimum Gasteiger partial charge on any atom is -0.508 e. The summed E-state index contributed by atoms with van der Waals surface area (Å²) in [7, 11) is 2.21. The first-order valence-electron chi connectivity index (χ1n) is 9.33. The lowest BCUT2D eigenvalue weighted by Gasteiger charge is -2.50. The number of hydrogen-bond acceptors (Lipinski definition) is 2. The van der Waals surface area contributed by atoms with Crippen molar-refractivity contribution in [2.75, 3.05) is 20.1 Å². The van der Waals surface area contributed by atoms with Crippen molar-refractivity contribution in [2.24, 2.45) is 5.92 Å². The van der Waals surface area contributed by atoms with E-state index in [0.717, 1.165) is 42.9 Å². The quantitative estimate of drug-likeness (QED) is 0.664. The fourth-order valence-corrected chi connectivity index (χ4v) is 5.58. The zero-order valence-electron chi connectivity index (χ0n) is 14.9. The summed E-state index contributed by atoms with van der Waals surface area (Å²) in [6, 6.07) is 14.0. The maximum Gasteiger partial charge on any atom is 0.115 e. The van der Waals surface area contributed by atoms with Crippen LogP contribution in [-0.2, 0) is 18.3 Å². The number of benzene rings is 2. The molecule has 2 heterocycles. The summed E-state index contributed by atoms with van der Waals surface area (Å²) in [4.78, 5) is 6.09. The third kappa shape index (κ3) is 2.30. The molecule has 5 rings (SSSR count). The Morgan fingerprint density at radius 3 is 2.92 bits per heavy atom. The average Bonchev–Trinajstić information content (AvgIpc) is 2.98. The highest BCUT2D eigenvalue weighted by atomic mass is 35.5. The van der Waals surface area contributed by atoms with Gasteiger partial charge in [0.2, 0.25) is 0 Å². The molecule has 2 atom stereocenters. The Labute approximate surface area is 158 Å². The molecule has 3 aromatic rings. The van der Waals surface area contributed by atoms with Crippen LogP contribution in [-0.4, -0.2) is 35.1 Å². The number of phenolic OH excluding ortho intramolecular Hbond substituents is 1. The van der Waals surface area contributed by atoms with Crippen LogP contribution in [0.15, 0.2) is 42.5 Å². The third-order valence-electron chi connectivity index (χ3n) is 6.58. The summed E-state index contributed by atoms with van der Waals surface area (Å²) < 4.78 is 0. The topological polar surface area (TPSA) is 39.3 Å². The van der Waals surface area contributed by atoms with Gasteiger partial charge >= 0.3 is 0 Å². The minimum atomic E-state index is 0.0750. The van der Waals surface area contributed by atoms with Gasteiger partial charge in [-0.2, -0.15) is 0 Å². The molecule has 134 valence electrons. The van der Waals surface area contributed by atoms with Crippen LogP contribution in [0.25, 0.3) is 10.9 Å². The van der Waals surface area contributed by atoms with E-state index in [1.54, 1.807) is 6.07 Å². The molecule has 0 radical (unpaired) electrons. The molecule has 1 unspecified atom stereocenters. The van der Waals surface area contributed by atoms with Gasteiger partial charge in [-0.1, -0.05) is 29.8 Å². The summed E-state index contributed by atoms with van der Waals surface area (Å²) in [5, 5.41) is 12.1. The number of fused-ring (bicyclic) bond motifs is 4. The van der Waals surface area contributed by atoms with Crippen LogP contribution in [0.3, 0.4) is 0 Å². The highest BCUT2D eigenvalue weighted by Crippen LogP contribution is 2.49. The van der Waals surface area contributed by atoms with Gasteiger partial charge in [-0.25, -0.2) is 0 Å². The van der Waals surface area contributed by atoms with Crippen LogP contribution < -0.4 is 0 Å². The van der Waals surface area contributed by atoms with Crippen LogP contribution >= 0.6 is 11.6 Å². The lowest BCUT2D eigenvalue weighted by atomic mass is 9.59. The smallest absolute Gasteiger partial charge is 0.115 e. The second-order valence-electron chi connectivity index (χ2n) is 8.04. The van der Waals surface area contributed by atoms with Gasteiger partial charge < -0.3 is 15.0 Å². The van der Waals surface area contributed by atoms with Gasteiger partial charge in [-0.05, 0) is 74.2 Å². The summed E-state index contributed by atoms with van der Waals surface area (Å²) in [6.45, 7) is 2.16. The lowest BCUT2D eigenvalue weighted by Crippen LogP contribution is -2.52. The monoisotopic (exact) mass is 366 g/mol. The first kappa shape index (κ1) is 16.2. The normalized spacial score (nSPS) is 25.8. The fraction of sp³-hybridized carbons (Fsp3) is 0.364. The molecular weight excluding hydrogens is 344 g/mol. The average molecular weight is 367 g/mol. The molecule has 1 aromatic heterocycles. The number of phenols is 1. The maximum atomic E-state index is 10.1.